The van der Waals surface area contributed by atoms with Gasteiger partial charge in [-0.15, -0.1) is 0 Å². The van der Waals surface area contributed by atoms with Gasteiger partial charge in [-0.1, -0.05) is 20.8 Å². The van der Waals surface area contributed by atoms with Crippen molar-refractivity contribution in [1.29, 1.82) is 0 Å². The van der Waals surface area contributed by atoms with Gasteiger partial charge >= 0.3 is 0 Å². The van der Waals surface area contributed by atoms with Gasteiger partial charge < -0.3 is 5.32 Å². The molecule has 0 bridgehead atoms. The first-order chi connectivity index (χ1) is 6.36. The third-order valence-corrected chi connectivity index (χ3v) is 3.09. The number of piperidine rings is 1. The van der Waals surface area contributed by atoms with E-state index in [0.717, 1.165) is 12.0 Å². The predicted octanol–water partition coefficient (Wildman–Crippen LogP) is 1.72. The number of nitrogens with zero attached hydrogens (tertiary/aromatic N) is 1. The highest BCUT2D eigenvalue weighted by Crippen LogP contribution is 2.18. The van der Waals surface area contributed by atoms with Crippen LogP contribution in [0.2, 0.25) is 0 Å². The van der Waals surface area contributed by atoms with E-state index >= 15 is 0 Å². The molecule has 2 aliphatic heterocycles. The average molecular weight is 184 g/mol. The minimum absolute atomic E-state index is 0.877. The molecular weight excluding hydrogens is 160 g/mol. The quantitative estimate of drug-likeness (QED) is 0.667. The Morgan fingerprint density at radius 2 is 1.62 bits per heavy atom. The standard InChI is InChI=1S/C9H18N2.C2H6/c1-8-2-4-11(5-3-8)9-6-10-7-9;1-2/h8-10H,2-7H2,1H3;1-2H3. The van der Waals surface area contributed by atoms with E-state index in [1.165, 1.54) is 39.0 Å². The molecule has 2 heterocycles. The molecule has 2 rings (SSSR count). The van der Waals surface area contributed by atoms with E-state index in [9.17, 15) is 0 Å². The maximum atomic E-state index is 3.33. The monoisotopic (exact) mass is 184 g/mol. The van der Waals surface area contributed by atoms with E-state index in [1.54, 1.807) is 0 Å². The molecule has 0 atom stereocenters. The highest BCUT2D eigenvalue weighted by molar-refractivity contribution is 4.86. The lowest BCUT2D eigenvalue weighted by molar-refractivity contribution is 0.103. The van der Waals surface area contributed by atoms with E-state index < -0.39 is 0 Å². The van der Waals surface area contributed by atoms with Crippen LogP contribution < -0.4 is 5.32 Å². The minimum atomic E-state index is 0.877. The molecule has 0 amide bonds. The molecule has 0 aromatic rings. The summed E-state index contributed by atoms with van der Waals surface area (Å²) in [5, 5.41) is 3.33. The zero-order valence-electron chi connectivity index (χ0n) is 9.34. The van der Waals surface area contributed by atoms with Crippen molar-refractivity contribution in [2.75, 3.05) is 26.2 Å². The number of hydrogen-bond acceptors (Lipinski definition) is 2. The van der Waals surface area contributed by atoms with Crippen molar-refractivity contribution < 1.29 is 0 Å². The lowest BCUT2D eigenvalue weighted by Gasteiger charge is -2.41. The van der Waals surface area contributed by atoms with Gasteiger partial charge in [-0.05, 0) is 31.8 Å². The second kappa shape index (κ2) is 5.61. The van der Waals surface area contributed by atoms with Crippen molar-refractivity contribution in [2.45, 2.75) is 39.7 Å². The maximum Gasteiger partial charge on any atom is 0.0345 e. The van der Waals surface area contributed by atoms with E-state index in [-0.39, 0.29) is 0 Å². The van der Waals surface area contributed by atoms with Crippen molar-refractivity contribution in [3.05, 3.63) is 0 Å². The van der Waals surface area contributed by atoms with Gasteiger partial charge in [0.1, 0.15) is 0 Å². The lowest BCUT2D eigenvalue weighted by atomic mass is 9.97. The molecule has 2 nitrogen and oxygen atoms in total. The summed E-state index contributed by atoms with van der Waals surface area (Å²) in [6.45, 7) is 11.5. The van der Waals surface area contributed by atoms with Crippen LogP contribution in [0.1, 0.15) is 33.6 Å². The molecular formula is C11H24N2. The molecule has 0 aliphatic carbocycles. The van der Waals surface area contributed by atoms with Crippen LogP contribution in [0.4, 0.5) is 0 Å². The summed E-state index contributed by atoms with van der Waals surface area (Å²) in [7, 11) is 0. The molecule has 0 radical (unpaired) electrons. The van der Waals surface area contributed by atoms with Crippen LogP contribution in [-0.4, -0.2) is 37.1 Å². The summed E-state index contributed by atoms with van der Waals surface area (Å²) in [5.41, 5.74) is 0. The fraction of sp³-hybridized carbons (Fsp3) is 1.00. The largest absolute Gasteiger partial charge is 0.314 e. The summed E-state index contributed by atoms with van der Waals surface area (Å²) >= 11 is 0. The molecule has 0 spiro atoms. The minimum Gasteiger partial charge on any atom is -0.314 e. The number of rotatable bonds is 1. The molecule has 0 aromatic carbocycles. The molecule has 78 valence electrons. The molecule has 0 unspecified atom stereocenters. The van der Waals surface area contributed by atoms with Crippen molar-refractivity contribution in [2.24, 2.45) is 5.92 Å². The zero-order valence-corrected chi connectivity index (χ0v) is 9.34. The average Bonchev–Trinajstić information content (AvgIpc) is 2.09. The highest BCUT2D eigenvalue weighted by atomic mass is 15.2. The fourth-order valence-electron chi connectivity index (χ4n) is 1.93. The van der Waals surface area contributed by atoms with Crippen LogP contribution in [0.15, 0.2) is 0 Å². The van der Waals surface area contributed by atoms with Gasteiger partial charge in [-0.3, -0.25) is 4.90 Å². The van der Waals surface area contributed by atoms with Crippen LogP contribution in [0.3, 0.4) is 0 Å². The van der Waals surface area contributed by atoms with E-state index in [2.05, 4.69) is 17.1 Å². The van der Waals surface area contributed by atoms with Gasteiger partial charge in [0.15, 0.2) is 0 Å². The molecule has 2 aliphatic rings. The van der Waals surface area contributed by atoms with Crippen molar-refractivity contribution >= 4 is 0 Å². The smallest absolute Gasteiger partial charge is 0.0345 e. The normalized spacial score (nSPS) is 26.1. The number of hydrogen-bond donors (Lipinski definition) is 1. The van der Waals surface area contributed by atoms with Gasteiger partial charge in [0.05, 0.1) is 0 Å². The third-order valence-electron chi connectivity index (χ3n) is 3.09. The van der Waals surface area contributed by atoms with Crippen molar-refractivity contribution in [3.63, 3.8) is 0 Å². The molecule has 2 fully saturated rings. The van der Waals surface area contributed by atoms with Gasteiger partial charge in [0.25, 0.3) is 0 Å². The van der Waals surface area contributed by atoms with Crippen LogP contribution >= 0.6 is 0 Å². The zero-order chi connectivity index (χ0) is 9.68. The maximum absolute atomic E-state index is 3.33. The second-order valence-corrected chi connectivity index (χ2v) is 4.03. The first-order valence-corrected chi connectivity index (χ1v) is 5.81. The first kappa shape index (κ1) is 11.0. The van der Waals surface area contributed by atoms with Crippen LogP contribution in [0.25, 0.3) is 0 Å². The Morgan fingerprint density at radius 1 is 1.08 bits per heavy atom. The third kappa shape index (κ3) is 2.96. The van der Waals surface area contributed by atoms with Crippen molar-refractivity contribution in [1.82, 2.24) is 10.2 Å². The Kier molecular flexibility index (Phi) is 4.74. The van der Waals surface area contributed by atoms with Crippen LogP contribution in [0, 0.1) is 5.92 Å². The van der Waals surface area contributed by atoms with Gasteiger partial charge in [0, 0.05) is 19.1 Å². The lowest BCUT2D eigenvalue weighted by Crippen LogP contribution is -2.58. The Morgan fingerprint density at radius 3 is 2.00 bits per heavy atom. The van der Waals surface area contributed by atoms with E-state index in [4.69, 9.17) is 0 Å². The molecule has 2 heteroatoms. The number of nitrogens with one attached hydrogen (secondary N) is 1. The summed E-state index contributed by atoms with van der Waals surface area (Å²) in [5.74, 6) is 0.972. The summed E-state index contributed by atoms with van der Waals surface area (Å²) in [6, 6.07) is 0.877. The SMILES string of the molecule is CC.CC1CCN(C2CNC2)CC1. The Balaban J connectivity index is 0.000000396. The van der Waals surface area contributed by atoms with Gasteiger partial charge in [-0.25, -0.2) is 0 Å². The summed E-state index contributed by atoms with van der Waals surface area (Å²) in [6.07, 6.45) is 2.83. The van der Waals surface area contributed by atoms with E-state index in [0.29, 0.717) is 0 Å². The fourth-order valence-corrected chi connectivity index (χ4v) is 1.93. The molecule has 2 saturated heterocycles. The van der Waals surface area contributed by atoms with Crippen LogP contribution in [0.5, 0.6) is 0 Å². The topological polar surface area (TPSA) is 15.3 Å². The predicted molar refractivity (Wildman–Crippen MR) is 58.0 cm³/mol. The first-order valence-electron chi connectivity index (χ1n) is 5.81. The molecule has 1 N–H and O–H groups in total. The van der Waals surface area contributed by atoms with Gasteiger partial charge in [0.2, 0.25) is 0 Å². The molecule has 13 heavy (non-hydrogen) atoms. The Bertz CT molecular complexity index is 124. The highest BCUT2D eigenvalue weighted by Gasteiger charge is 2.26. The van der Waals surface area contributed by atoms with Crippen LogP contribution in [-0.2, 0) is 0 Å². The summed E-state index contributed by atoms with van der Waals surface area (Å²) < 4.78 is 0. The molecule has 0 saturated carbocycles. The Labute approximate surface area is 82.7 Å². The Hall–Kier alpha value is -0.0800. The van der Waals surface area contributed by atoms with Crippen molar-refractivity contribution in [3.8, 4) is 0 Å². The molecule has 0 aromatic heterocycles. The summed E-state index contributed by atoms with van der Waals surface area (Å²) in [4.78, 5) is 2.65. The van der Waals surface area contributed by atoms with Gasteiger partial charge in [-0.2, -0.15) is 0 Å². The number of likely N-dealkylation sites (tertiary alicyclic amines) is 1. The van der Waals surface area contributed by atoms with E-state index in [1.807, 2.05) is 13.8 Å². The second-order valence-electron chi connectivity index (χ2n) is 4.03.